The SMILES string of the molecule is CC(C)[C@H](NC(=O)CCc1ccccc1)C(=O)N[C@@H](C)C(=O)NN(CC(=O)OC(C)(C)C)C(=O)[C@@H]1O[C@H]1CCc1ccccc1. The minimum Gasteiger partial charge on any atom is -0.459 e. The van der Waals surface area contributed by atoms with Gasteiger partial charge in [0.2, 0.25) is 11.8 Å². The lowest BCUT2D eigenvalue weighted by Gasteiger charge is -2.27. The average Bonchev–Trinajstić information content (AvgIpc) is 3.76. The van der Waals surface area contributed by atoms with Gasteiger partial charge >= 0.3 is 5.97 Å². The molecule has 0 unspecified atom stereocenters. The van der Waals surface area contributed by atoms with E-state index >= 15 is 0 Å². The summed E-state index contributed by atoms with van der Waals surface area (Å²) in [4.78, 5) is 64.9. The fraction of sp³-hybridized carbons (Fsp3) is 0.500. The quantitative estimate of drug-likeness (QED) is 0.167. The van der Waals surface area contributed by atoms with Crippen molar-refractivity contribution in [3.63, 3.8) is 0 Å². The molecule has 0 aromatic heterocycles. The molecule has 1 heterocycles. The van der Waals surface area contributed by atoms with Gasteiger partial charge in [0.25, 0.3) is 11.8 Å². The molecule has 4 amide bonds. The molecule has 45 heavy (non-hydrogen) atoms. The molecule has 11 nitrogen and oxygen atoms in total. The number of hydrogen-bond acceptors (Lipinski definition) is 7. The molecular formula is C34H46N4O7. The van der Waals surface area contributed by atoms with Crippen molar-refractivity contribution in [1.82, 2.24) is 21.1 Å². The van der Waals surface area contributed by atoms with E-state index in [1.54, 1.807) is 34.6 Å². The average molecular weight is 623 g/mol. The summed E-state index contributed by atoms with van der Waals surface area (Å²) in [5.74, 6) is -3.11. The van der Waals surface area contributed by atoms with Crippen LogP contribution in [0.3, 0.4) is 0 Å². The van der Waals surface area contributed by atoms with Crippen LogP contribution >= 0.6 is 0 Å². The highest BCUT2D eigenvalue weighted by atomic mass is 16.6. The van der Waals surface area contributed by atoms with Crippen LogP contribution in [0.1, 0.15) is 65.5 Å². The summed E-state index contributed by atoms with van der Waals surface area (Å²) < 4.78 is 11.0. The molecule has 1 fully saturated rings. The van der Waals surface area contributed by atoms with Crippen LogP contribution in [0.2, 0.25) is 0 Å². The van der Waals surface area contributed by atoms with E-state index in [9.17, 15) is 24.0 Å². The number of aryl methyl sites for hydroxylation is 2. The van der Waals surface area contributed by atoms with Gasteiger partial charge in [0, 0.05) is 6.42 Å². The molecule has 1 aliphatic heterocycles. The molecule has 0 spiro atoms. The molecule has 11 heteroatoms. The summed E-state index contributed by atoms with van der Waals surface area (Å²) in [6, 6.07) is 17.4. The standard InChI is InChI=1S/C34H46N4O7/c1-22(2)29(36-27(39)20-18-25-15-11-8-12-16-25)32(42)35-23(3)31(41)37-38(21-28(40)45-34(4,5)6)33(43)30-26(44-30)19-17-24-13-9-7-10-14-24/h7-16,22-23,26,29-30H,17-21H2,1-6H3,(H,35,42)(H,36,39)(H,37,41)/t23-,26-,29-,30+/m0/s1. The second-order valence-electron chi connectivity index (χ2n) is 12.6. The van der Waals surface area contributed by atoms with E-state index in [1.807, 2.05) is 60.7 Å². The highest BCUT2D eigenvalue weighted by Crippen LogP contribution is 2.28. The van der Waals surface area contributed by atoms with Crippen molar-refractivity contribution < 1.29 is 33.4 Å². The third kappa shape index (κ3) is 12.0. The van der Waals surface area contributed by atoms with Crippen LogP contribution in [-0.4, -0.2) is 71.0 Å². The number of nitrogens with one attached hydrogen (secondary N) is 3. The molecule has 0 aliphatic carbocycles. The van der Waals surface area contributed by atoms with E-state index in [0.29, 0.717) is 19.3 Å². The fourth-order valence-electron chi connectivity index (χ4n) is 4.64. The molecule has 1 saturated heterocycles. The molecule has 3 N–H and O–H groups in total. The van der Waals surface area contributed by atoms with Crippen LogP contribution in [0, 0.1) is 5.92 Å². The van der Waals surface area contributed by atoms with Crippen molar-refractivity contribution in [3.8, 4) is 0 Å². The third-order valence-corrected chi connectivity index (χ3v) is 7.11. The minimum absolute atomic E-state index is 0.202. The van der Waals surface area contributed by atoms with Gasteiger partial charge in [-0.25, -0.2) is 5.01 Å². The number of hydrazine groups is 1. The summed E-state index contributed by atoms with van der Waals surface area (Å²) in [6.45, 7) is 9.58. The number of carbonyl (C=O) groups excluding carboxylic acids is 5. The number of carbonyl (C=O) groups is 5. The molecule has 0 radical (unpaired) electrons. The first kappa shape index (κ1) is 35.2. The van der Waals surface area contributed by atoms with Crippen molar-refractivity contribution in [2.24, 2.45) is 5.92 Å². The summed E-state index contributed by atoms with van der Waals surface area (Å²) in [5, 5.41) is 6.27. The zero-order valence-corrected chi connectivity index (χ0v) is 27.0. The number of benzene rings is 2. The smallest absolute Gasteiger partial charge is 0.328 e. The fourth-order valence-corrected chi connectivity index (χ4v) is 4.64. The monoisotopic (exact) mass is 622 g/mol. The first-order chi connectivity index (χ1) is 21.2. The van der Waals surface area contributed by atoms with Gasteiger partial charge in [-0.2, -0.15) is 0 Å². The zero-order chi connectivity index (χ0) is 33.1. The zero-order valence-electron chi connectivity index (χ0n) is 27.0. The molecule has 0 bridgehead atoms. The molecular weight excluding hydrogens is 576 g/mol. The highest BCUT2D eigenvalue weighted by Gasteiger charge is 2.47. The Bertz CT molecular complexity index is 1310. The van der Waals surface area contributed by atoms with E-state index in [0.717, 1.165) is 16.1 Å². The van der Waals surface area contributed by atoms with Crippen molar-refractivity contribution in [3.05, 3.63) is 71.8 Å². The lowest BCUT2D eigenvalue weighted by molar-refractivity contribution is -0.162. The number of nitrogens with zero attached hydrogens (tertiary/aromatic N) is 1. The Morgan fingerprint density at radius 3 is 1.98 bits per heavy atom. The number of esters is 1. The summed E-state index contributed by atoms with van der Waals surface area (Å²) in [7, 11) is 0. The summed E-state index contributed by atoms with van der Waals surface area (Å²) >= 11 is 0. The normalized spacial score (nSPS) is 17.0. The van der Waals surface area contributed by atoms with Gasteiger partial charge in [0.1, 0.15) is 24.2 Å². The largest absolute Gasteiger partial charge is 0.459 e. The molecule has 2 aromatic carbocycles. The van der Waals surface area contributed by atoms with E-state index in [2.05, 4.69) is 16.1 Å². The van der Waals surface area contributed by atoms with Crippen LogP contribution in [-0.2, 0) is 46.3 Å². The van der Waals surface area contributed by atoms with Crippen molar-refractivity contribution in [2.75, 3.05) is 6.54 Å². The molecule has 1 aliphatic rings. The van der Waals surface area contributed by atoms with E-state index in [4.69, 9.17) is 9.47 Å². The number of hydrogen-bond donors (Lipinski definition) is 3. The summed E-state index contributed by atoms with van der Waals surface area (Å²) in [6.07, 6.45) is 0.846. The Balaban J connectivity index is 1.58. The Morgan fingerprint density at radius 2 is 1.42 bits per heavy atom. The Labute approximate surface area is 265 Å². The molecule has 4 atom stereocenters. The van der Waals surface area contributed by atoms with Crippen LogP contribution in [0.25, 0.3) is 0 Å². The van der Waals surface area contributed by atoms with E-state index in [1.165, 1.54) is 6.92 Å². The summed E-state index contributed by atoms with van der Waals surface area (Å²) in [5.41, 5.74) is 3.77. The van der Waals surface area contributed by atoms with Crippen LogP contribution in [0.4, 0.5) is 0 Å². The first-order valence-electron chi connectivity index (χ1n) is 15.4. The lowest BCUT2D eigenvalue weighted by Crippen LogP contribution is -2.58. The van der Waals surface area contributed by atoms with Gasteiger partial charge in [-0.15, -0.1) is 0 Å². The highest BCUT2D eigenvalue weighted by molar-refractivity contribution is 5.94. The maximum absolute atomic E-state index is 13.3. The molecule has 0 saturated carbocycles. The topological polar surface area (TPSA) is 146 Å². The van der Waals surface area contributed by atoms with Crippen LogP contribution in [0.15, 0.2) is 60.7 Å². The van der Waals surface area contributed by atoms with Gasteiger partial charge in [0.05, 0.1) is 6.10 Å². The first-order valence-corrected chi connectivity index (χ1v) is 15.4. The van der Waals surface area contributed by atoms with Gasteiger partial charge in [-0.05, 0) is 64.0 Å². The predicted octanol–water partition coefficient (Wildman–Crippen LogP) is 2.87. The number of epoxide rings is 1. The van der Waals surface area contributed by atoms with Crippen molar-refractivity contribution in [1.29, 1.82) is 0 Å². The van der Waals surface area contributed by atoms with E-state index in [-0.39, 0.29) is 24.3 Å². The predicted molar refractivity (Wildman–Crippen MR) is 168 cm³/mol. The Morgan fingerprint density at radius 1 is 0.844 bits per heavy atom. The van der Waals surface area contributed by atoms with Crippen molar-refractivity contribution >= 4 is 29.6 Å². The van der Waals surface area contributed by atoms with E-state index < -0.39 is 54.0 Å². The van der Waals surface area contributed by atoms with Crippen LogP contribution < -0.4 is 16.1 Å². The van der Waals surface area contributed by atoms with Gasteiger partial charge in [-0.3, -0.25) is 29.4 Å². The van der Waals surface area contributed by atoms with Gasteiger partial charge in [-0.1, -0.05) is 74.5 Å². The maximum Gasteiger partial charge on any atom is 0.328 e. The van der Waals surface area contributed by atoms with Crippen molar-refractivity contribution in [2.45, 2.75) is 97.1 Å². The second-order valence-corrected chi connectivity index (χ2v) is 12.6. The van der Waals surface area contributed by atoms with Crippen LogP contribution in [0.5, 0.6) is 0 Å². The second kappa shape index (κ2) is 16.2. The maximum atomic E-state index is 13.3. The Kier molecular flexibility index (Phi) is 12.7. The lowest BCUT2D eigenvalue weighted by atomic mass is 10.0. The van der Waals surface area contributed by atoms with Gasteiger partial charge < -0.3 is 20.1 Å². The third-order valence-electron chi connectivity index (χ3n) is 7.11. The molecule has 244 valence electrons. The number of ether oxygens (including phenoxy) is 2. The van der Waals surface area contributed by atoms with Gasteiger partial charge in [0.15, 0.2) is 6.10 Å². The molecule has 2 aromatic rings. The minimum atomic E-state index is -1.09. The number of amides is 4. The molecule has 3 rings (SSSR count). The Hall–Kier alpha value is -4.25. The number of rotatable bonds is 14.